The van der Waals surface area contributed by atoms with Gasteiger partial charge in [0.05, 0.1) is 47.8 Å². The lowest BCUT2D eigenvalue weighted by Gasteiger charge is -2.53. The number of thioether (sulfide) groups is 1. The van der Waals surface area contributed by atoms with E-state index in [1.807, 2.05) is 25.0 Å². The van der Waals surface area contributed by atoms with E-state index in [9.17, 15) is 9.90 Å². The van der Waals surface area contributed by atoms with Crippen molar-refractivity contribution in [2.24, 2.45) is 11.1 Å². The number of aliphatic hydroxyl groups excluding tert-OH is 1. The van der Waals surface area contributed by atoms with Crippen molar-refractivity contribution in [3.05, 3.63) is 0 Å². The third-order valence-corrected chi connectivity index (χ3v) is 9.90. The summed E-state index contributed by atoms with van der Waals surface area (Å²) in [6, 6.07) is -0.399. The van der Waals surface area contributed by atoms with Crippen molar-refractivity contribution >= 4 is 17.7 Å². The van der Waals surface area contributed by atoms with E-state index < -0.39 is 23.3 Å². The van der Waals surface area contributed by atoms with Crippen LogP contribution in [0.25, 0.3) is 0 Å². The molecule has 0 radical (unpaired) electrons. The minimum atomic E-state index is -0.583. The molecule has 0 aromatic heterocycles. The van der Waals surface area contributed by atoms with E-state index in [0.717, 1.165) is 70.4 Å². The van der Waals surface area contributed by atoms with Gasteiger partial charge in [-0.3, -0.25) is 4.79 Å². The number of aliphatic hydroxyl groups is 1. The van der Waals surface area contributed by atoms with Crippen molar-refractivity contribution in [2.45, 2.75) is 120 Å². The second-order valence-electron chi connectivity index (χ2n) is 12.2. The van der Waals surface area contributed by atoms with Gasteiger partial charge < -0.3 is 30.0 Å². The fourth-order valence-electron chi connectivity index (χ4n) is 6.37. The first-order valence-electron chi connectivity index (χ1n) is 13.1. The molecule has 8 heteroatoms. The number of nitrogens with zero attached hydrogens (tertiary/aromatic N) is 1. The predicted molar refractivity (Wildman–Crippen MR) is 135 cm³/mol. The number of ether oxygens (including phenoxy) is 3. The molecule has 34 heavy (non-hydrogen) atoms. The molecule has 0 aromatic carbocycles. The number of likely N-dealkylation sites (tertiary alicyclic amines) is 1. The molecule has 196 valence electrons. The Kier molecular flexibility index (Phi) is 7.71. The zero-order valence-corrected chi connectivity index (χ0v) is 22.6. The third-order valence-electron chi connectivity index (χ3n) is 9.25. The van der Waals surface area contributed by atoms with Gasteiger partial charge >= 0.3 is 0 Å². The monoisotopic (exact) mass is 498 g/mol. The minimum Gasteiger partial charge on any atom is -0.390 e. The quantitative estimate of drug-likeness (QED) is 0.615. The Hall–Kier alpha value is -0.380. The van der Waals surface area contributed by atoms with E-state index in [-0.39, 0.29) is 29.1 Å². The lowest BCUT2D eigenvalue weighted by atomic mass is 9.69. The van der Waals surface area contributed by atoms with Crippen LogP contribution >= 0.6 is 11.8 Å². The highest BCUT2D eigenvalue weighted by Crippen LogP contribution is 2.51. The van der Waals surface area contributed by atoms with Crippen molar-refractivity contribution in [2.75, 3.05) is 31.7 Å². The number of rotatable bonds is 4. The molecule has 3 N–H and O–H groups in total. The molecule has 4 aliphatic rings. The molecule has 6 atom stereocenters. The maximum Gasteiger partial charge on any atom is 0.239 e. The second kappa shape index (κ2) is 9.82. The van der Waals surface area contributed by atoms with Gasteiger partial charge in [-0.05, 0) is 96.5 Å². The van der Waals surface area contributed by atoms with Crippen LogP contribution < -0.4 is 5.73 Å². The lowest BCUT2D eigenvalue weighted by molar-refractivity contribution is -0.250. The van der Waals surface area contributed by atoms with E-state index in [0.29, 0.717) is 6.42 Å². The molecule has 4 fully saturated rings. The maximum atomic E-state index is 12.8. The fourth-order valence-corrected chi connectivity index (χ4v) is 6.86. The second-order valence-corrected chi connectivity index (χ2v) is 13.2. The normalized spacial score (nSPS) is 40.6. The van der Waals surface area contributed by atoms with Crippen LogP contribution in [-0.4, -0.2) is 88.8 Å². The number of amides is 1. The van der Waals surface area contributed by atoms with Gasteiger partial charge in [-0.15, -0.1) is 0 Å². The van der Waals surface area contributed by atoms with Crippen molar-refractivity contribution in [1.82, 2.24) is 4.90 Å². The largest absolute Gasteiger partial charge is 0.390 e. The average Bonchev–Trinajstić information content (AvgIpc) is 2.95. The molecule has 4 heterocycles. The summed E-state index contributed by atoms with van der Waals surface area (Å²) in [7, 11) is 0. The number of carbonyl (C=O) groups excluding carboxylic acids is 1. The summed E-state index contributed by atoms with van der Waals surface area (Å²) in [6.07, 6.45) is 8.17. The molecule has 1 amide bonds. The minimum absolute atomic E-state index is 0.0238. The average molecular weight is 499 g/mol. The lowest BCUT2D eigenvalue weighted by Crippen LogP contribution is -2.58. The molecule has 4 saturated heterocycles. The van der Waals surface area contributed by atoms with Crippen LogP contribution in [-0.2, 0) is 19.0 Å². The zero-order valence-electron chi connectivity index (χ0n) is 21.8. The summed E-state index contributed by atoms with van der Waals surface area (Å²) in [6.45, 7) is 10.5. The third kappa shape index (κ3) is 5.18. The van der Waals surface area contributed by atoms with Crippen molar-refractivity contribution in [3.8, 4) is 0 Å². The highest BCUT2D eigenvalue weighted by atomic mass is 32.2. The van der Waals surface area contributed by atoms with Gasteiger partial charge in [-0.1, -0.05) is 0 Å². The summed E-state index contributed by atoms with van der Waals surface area (Å²) in [5.74, 6) is 0.997. The number of hydrogen-bond acceptors (Lipinski definition) is 7. The summed E-state index contributed by atoms with van der Waals surface area (Å²) in [4.78, 5) is 14.8. The SMILES string of the molecule is CSCC[C@@H](N)C(=O)N1CCC2(CC1)CO[C@@]1(C)CC[C@H]3OC(C)(C)[C@H](O)CC[C@]3(C)O[C@@H]1C2. The van der Waals surface area contributed by atoms with Gasteiger partial charge in [0.15, 0.2) is 0 Å². The number of hydrogen-bond donors (Lipinski definition) is 2. The van der Waals surface area contributed by atoms with Gasteiger partial charge in [0.1, 0.15) is 0 Å². The Balaban J connectivity index is 1.44. The molecule has 1 spiro atoms. The van der Waals surface area contributed by atoms with Gasteiger partial charge in [0, 0.05) is 13.1 Å². The molecule has 0 unspecified atom stereocenters. The van der Waals surface area contributed by atoms with Gasteiger partial charge in [0.25, 0.3) is 0 Å². The Morgan fingerprint density at radius 1 is 1.06 bits per heavy atom. The number of fused-ring (bicyclic) bond motifs is 2. The first-order valence-corrected chi connectivity index (χ1v) is 14.5. The molecule has 0 aromatic rings. The molecular formula is C26H46N2O5S. The van der Waals surface area contributed by atoms with Gasteiger partial charge in [-0.25, -0.2) is 0 Å². The van der Waals surface area contributed by atoms with Crippen LogP contribution in [0.15, 0.2) is 0 Å². The van der Waals surface area contributed by atoms with E-state index in [1.54, 1.807) is 11.8 Å². The van der Waals surface area contributed by atoms with Crippen LogP contribution in [0.4, 0.5) is 0 Å². The van der Waals surface area contributed by atoms with Crippen molar-refractivity contribution in [3.63, 3.8) is 0 Å². The summed E-state index contributed by atoms with van der Waals surface area (Å²) >= 11 is 1.73. The van der Waals surface area contributed by atoms with E-state index in [1.165, 1.54) is 0 Å². The summed E-state index contributed by atoms with van der Waals surface area (Å²) < 4.78 is 20.1. The Bertz CT molecular complexity index is 743. The summed E-state index contributed by atoms with van der Waals surface area (Å²) in [5.41, 5.74) is 4.84. The number of carbonyl (C=O) groups is 1. The fraction of sp³-hybridized carbons (Fsp3) is 0.962. The molecule has 4 aliphatic heterocycles. The highest BCUT2D eigenvalue weighted by molar-refractivity contribution is 7.98. The smallest absolute Gasteiger partial charge is 0.239 e. The predicted octanol–water partition coefficient (Wildman–Crippen LogP) is 3.11. The van der Waals surface area contributed by atoms with Gasteiger partial charge in [-0.2, -0.15) is 11.8 Å². The van der Waals surface area contributed by atoms with E-state index in [2.05, 4.69) is 13.8 Å². The first-order chi connectivity index (χ1) is 15.9. The Morgan fingerprint density at radius 3 is 2.41 bits per heavy atom. The Morgan fingerprint density at radius 2 is 1.74 bits per heavy atom. The molecule has 0 aliphatic carbocycles. The first kappa shape index (κ1) is 26.7. The topological polar surface area (TPSA) is 94.3 Å². The number of piperidine rings is 1. The van der Waals surface area contributed by atoms with Crippen LogP contribution in [0.3, 0.4) is 0 Å². The highest BCUT2D eigenvalue weighted by Gasteiger charge is 2.56. The van der Waals surface area contributed by atoms with Crippen molar-refractivity contribution < 1.29 is 24.1 Å². The maximum absolute atomic E-state index is 12.8. The molecule has 0 bridgehead atoms. The molecule has 0 saturated carbocycles. The standard InChI is InChI=1S/C26H46N2O5S/c1-23(2)19(29)6-9-25(4)20(32-23)7-10-24(3)21(33-25)16-26(17-31-24)11-13-28(14-12-26)22(30)18(27)8-15-34-5/h18-21,29H,6-17,27H2,1-5H3/t18-,19-,20-,21-,24+,25+/m1/s1. The molecule has 4 rings (SSSR count). The zero-order chi connectivity index (χ0) is 24.8. The van der Waals surface area contributed by atoms with Crippen molar-refractivity contribution in [1.29, 1.82) is 0 Å². The van der Waals surface area contributed by atoms with Crippen LogP contribution in [0.2, 0.25) is 0 Å². The van der Waals surface area contributed by atoms with Gasteiger partial charge in [0.2, 0.25) is 5.91 Å². The van der Waals surface area contributed by atoms with Crippen LogP contribution in [0.5, 0.6) is 0 Å². The number of nitrogens with two attached hydrogens (primary N) is 1. The molecular weight excluding hydrogens is 452 g/mol. The van der Waals surface area contributed by atoms with E-state index in [4.69, 9.17) is 19.9 Å². The molecule has 7 nitrogen and oxygen atoms in total. The summed E-state index contributed by atoms with van der Waals surface area (Å²) in [5, 5.41) is 10.6. The van der Waals surface area contributed by atoms with Crippen LogP contribution in [0.1, 0.15) is 79.1 Å². The van der Waals surface area contributed by atoms with E-state index >= 15 is 0 Å². The Labute approximate surface area is 209 Å². The van der Waals surface area contributed by atoms with Crippen LogP contribution in [0, 0.1) is 5.41 Å².